The Labute approximate surface area is 110 Å². The molecule has 1 N–H and O–H groups in total. The van der Waals surface area contributed by atoms with Crippen LogP contribution in [0.1, 0.15) is 40.0 Å². The van der Waals surface area contributed by atoms with E-state index in [1.807, 2.05) is 24.1 Å². The maximum absolute atomic E-state index is 6.09. The zero-order chi connectivity index (χ0) is 13.2. The van der Waals surface area contributed by atoms with Crippen LogP contribution in [0.25, 0.3) is 0 Å². The molecule has 1 saturated carbocycles. The topological polar surface area (TPSA) is 39.1 Å². The zero-order valence-electron chi connectivity index (χ0n) is 11.9. The molecular formula is C14H25N3O. The molecule has 1 fully saturated rings. The lowest BCUT2D eigenvalue weighted by molar-refractivity contribution is -0.0677. The summed E-state index contributed by atoms with van der Waals surface area (Å²) in [6, 6.07) is 0.568. The maximum Gasteiger partial charge on any atom is 0.157 e. The van der Waals surface area contributed by atoms with Crippen molar-refractivity contribution in [1.29, 1.82) is 0 Å². The number of hydrogen-bond acceptors (Lipinski definition) is 3. The third-order valence-electron chi connectivity index (χ3n) is 4.43. The Morgan fingerprint density at radius 2 is 2.33 bits per heavy atom. The van der Waals surface area contributed by atoms with Crippen LogP contribution in [0.5, 0.6) is 5.75 Å². The minimum atomic E-state index is 0.238. The molecule has 1 aliphatic carbocycles. The second-order valence-corrected chi connectivity index (χ2v) is 5.48. The van der Waals surface area contributed by atoms with Crippen molar-refractivity contribution in [3.8, 4) is 5.75 Å². The summed E-state index contributed by atoms with van der Waals surface area (Å²) in [5, 5.41) is 7.69. The highest BCUT2D eigenvalue weighted by Gasteiger charge is 2.51. The van der Waals surface area contributed by atoms with Crippen molar-refractivity contribution in [1.82, 2.24) is 15.1 Å². The van der Waals surface area contributed by atoms with E-state index in [0.29, 0.717) is 12.1 Å². The average molecular weight is 251 g/mol. The molecule has 0 aromatic carbocycles. The lowest BCUT2D eigenvalue weighted by Gasteiger charge is -2.53. The molecule has 0 aliphatic heterocycles. The smallest absolute Gasteiger partial charge is 0.157 e. The number of ether oxygens (including phenoxy) is 1. The van der Waals surface area contributed by atoms with Crippen LogP contribution in [0.2, 0.25) is 0 Å². The van der Waals surface area contributed by atoms with Crippen LogP contribution >= 0.6 is 0 Å². The Morgan fingerprint density at radius 3 is 2.94 bits per heavy atom. The second kappa shape index (κ2) is 5.31. The fraction of sp³-hybridized carbons (Fsp3) is 0.786. The molecule has 1 aromatic heterocycles. The van der Waals surface area contributed by atoms with Crippen LogP contribution in [0.3, 0.4) is 0 Å². The van der Waals surface area contributed by atoms with E-state index in [0.717, 1.165) is 31.6 Å². The van der Waals surface area contributed by atoms with E-state index < -0.39 is 0 Å². The highest BCUT2D eigenvalue weighted by molar-refractivity contribution is 5.16. The van der Waals surface area contributed by atoms with Gasteiger partial charge in [-0.2, -0.15) is 5.10 Å². The van der Waals surface area contributed by atoms with Crippen molar-refractivity contribution in [2.45, 2.75) is 58.7 Å². The molecule has 1 aromatic rings. The lowest BCUT2D eigenvalue weighted by atomic mass is 9.61. The van der Waals surface area contributed by atoms with Gasteiger partial charge in [-0.05, 0) is 19.9 Å². The highest BCUT2D eigenvalue weighted by Crippen LogP contribution is 2.45. The first-order valence-corrected chi connectivity index (χ1v) is 7.00. The number of nitrogens with zero attached hydrogens (tertiary/aromatic N) is 2. The van der Waals surface area contributed by atoms with Gasteiger partial charge in [0.25, 0.3) is 0 Å². The van der Waals surface area contributed by atoms with Crippen molar-refractivity contribution in [3.05, 3.63) is 12.4 Å². The Morgan fingerprint density at radius 1 is 1.56 bits per heavy atom. The van der Waals surface area contributed by atoms with Crippen LogP contribution < -0.4 is 10.1 Å². The summed E-state index contributed by atoms with van der Waals surface area (Å²) in [4.78, 5) is 0. The van der Waals surface area contributed by atoms with Gasteiger partial charge in [-0.3, -0.25) is 4.68 Å². The number of aromatic nitrogens is 2. The standard InChI is InChI=1S/C14H25N3O/c1-5-7-17-10-11(9-16-17)18-13-8-12(15-4)14(13,3)6-2/h9-10,12-13,15H,5-8H2,1-4H3. The van der Waals surface area contributed by atoms with Gasteiger partial charge in [-0.1, -0.05) is 20.8 Å². The summed E-state index contributed by atoms with van der Waals surface area (Å²) < 4.78 is 8.04. The first kappa shape index (κ1) is 13.4. The average Bonchev–Trinajstić information content (AvgIpc) is 2.81. The normalized spacial score (nSPS) is 31.1. The summed E-state index contributed by atoms with van der Waals surface area (Å²) in [5.74, 6) is 0.905. The molecule has 0 bridgehead atoms. The van der Waals surface area contributed by atoms with Crippen LogP contribution in [-0.2, 0) is 6.54 Å². The van der Waals surface area contributed by atoms with E-state index in [2.05, 4.69) is 31.2 Å². The SMILES string of the molecule is CCCn1cc(OC2CC(NC)C2(C)CC)cn1. The van der Waals surface area contributed by atoms with Crippen molar-refractivity contribution >= 4 is 0 Å². The lowest BCUT2D eigenvalue weighted by Crippen LogP contribution is -2.62. The van der Waals surface area contributed by atoms with Gasteiger partial charge in [0.2, 0.25) is 0 Å². The summed E-state index contributed by atoms with van der Waals surface area (Å²) in [6.45, 7) is 7.65. The minimum Gasteiger partial charge on any atom is -0.486 e. The largest absolute Gasteiger partial charge is 0.486 e. The third kappa shape index (κ3) is 2.26. The van der Waals surface area contributed by atoms with E-state index in [1.165, 1.54) is 0 Å². The highest BCUT2D eigenvalue weighted by atomic mass is 16.5. The third-order valence-corrected chi connectivity index (χ3v) is 4.43. The Balaban J connectivity index is 1.97. The van der Waals surface area contributed by atoms with Gasteiger partial charge in [0.05, 0.1) is 12.4 Å². The van der Waals surface area contributed by atoms with Crippen molar-refractivity contribution in [2.24, 2.45) is 5.41 Å². The molecule has 102 valence electrons. The van der Waals surface area contributed by atoms with E-state index in [1.54, 1.807) is 0 Å². The quantitative estimate of drug-likeness (QED) is 0.844. The zero-order valence-corrected chi connectivity index (χ0v) is 11.9. The van der Waals surface area contributed by atoms with Crippen LogP contribution in [0.4, 0.5) is 0 Å². The molecule has 0 saturated heterocycles. The Hall–Kier alpha value is -1.03. The van der Waals surface area contributed by atoms with E-state index in [-0.39, 0.29) is 5.41 Å². The van der Waals surface area contributed by atoms with E-state index in [9.17, 15) is 0 Å². The van der Waals surface area contributed by atoms with Crippen molar-refractivity contribution < 1.29 is 4.74 Å². The molecule has 0 radical (unpaired) electrons. The molecule has 4 heteroatoms. The van der Waals surface area contributed by atoms with Crippen LogP contribution in [0.15, 0.2) is 12.4 Å². The van der Waals surface area contributed by atoms with Gasteiger partial charge in [0.1, 0.15) is 6.10 Å². The summed E-state index contributed by atoms with van der Waals surface area (Å²) >= 11 is 0. The van der Waals surface area contributed by atoms with Crippen molar-refractivity contribution in [2.75, 3.05) is 7.05 Å². The van der Waals surface area contributed by atoms with Crippen LogP contribution in [-0.4, -0.2) is 29.0 Å². The molecule has 0 amide bonds. The number of rotatable bonds is 6. The number of hydrogen-bond donors (Lipinski definition) is 1. The summed E-state index contributed by atoms with van der Waals surface area (Å²) in [6.07, 6.45) is 7.45. The molecule has 2 rings (SSSR count). The van der Waals surface area contributed by atoms with Crippen LogP contribution in [0, 0.1) is 5.41 Å². The summed E-state index contributed by atoms with van der Waals surface area (Å²) in [5.41, 5.74) is 0.238. The van der Waals surface area contributed by atoms with Gasteiger partial charge in [-0.25, -0.2) is 0 Å². The minimum absolute atomic E-state index is 0.238. The fourth-order valence-electron chi connectivity index (χ4n) is 2.84. The molecule has 1 heterocycles. The predicted molar refractivity (Wildman–Crippen MR) is 72.8 cm³/mol. The molecule has 3 atom stereocenters. The van der Waals surface area contributed by atoms with Gasteiger partial charge >= 0.3 is 0 Å². The predicted octanol–water partition coefficient (Wildman–Crippen LogP) is 2.45. The first-order chi connectivity index (χ1) is 8.63. The first-order valence-electron chi connectivity index (χ1n) is 7.00. The van der Waals surface area contributed by atoms with E-state index in [4.69, 9.17) is 4.74 Å². The molecule has 1 aliphatic rings. The summed E-state index contributed by atoms with van der Waals surface area (Å²) in [7, 11) is 2.04. The van der Waals surface area contributed by atoms with E-state index >= 15 is 0 Å². The molecule has 3 unspecified atom stereocenters. The van der Waals surface area contributed by atoms with Gasteiger partial charge in [0.15, 0.2) is 5.75 Å². The molecule has 0 spiro atoms. The van der Waals surface area contributed by atoms with Gasteiger partial charge < -0.3 is 10.1 Å². The van der Waals surface area contributed by atoms with Crippen molar-refractivity contribution in [3.63, 3.8) is 0 Å². The fourth-order valence-corrected chi connectivity index (χ4v) is 2.84. The molecule has 18 heavy (non-hydrogen) atoms. The van der Waals surface area contributed by atoms with Gasteiger partial charge in [0, 0.05) is 24.4 Å². The molecule has 4 nitrogen and oxygen atoms in total. The Kier molecular flexibility index (Phi) is 3.95. The monoisotopic (exact) mass is 251 g/mol. The number of nitrogens with one attached hydrogen (secondary N) is 1. The maximum atomic E-state index is 6.09. The Bertz CT molecular complexity index is 390. The number of aryl methyl sites for hydroxylation is 1. The second-order valence-electron chi connectivity index (χ2n) is 5.48. The molecular weight excluding hydrogens is 226 g/mol. The van der Waals surface area contributed by atoms with Gasteiger partial charge in [-0.15, -0.1) is 0 Å².